The molecule has 26 heavy (non-hydrogen) atoms. The highest BCUT2D eigenvalue weighted by Crippen LogP contribution is 2.41. The summed E-state index contributed by atoms with van der Waals surface area (Å²) >= 11 is 6.10. The van der Waals surface area contributed by atoms with Crippen molar-refractivity contribution in [2.24, 2.45) is 0 Å². The van der Waals surface area contributed by atoms with E-state index in [2.05, 4.69) is 0 Å². The Morgan fingerprint density at radius 3 is 2.46 bits per heavy atom. The third-order valence-electron chi connectivity index (χ3n) is 4.71. The molecule has 1 unspecified atom stereocenters. The van der Waals surface area contributed by atoms with Crippen LogP contribution in [0.2, 0.25) is 5.02 Å². The minimum Gasteiger partial charge on any atom is -0.272 e. The standard InChI is InChI=1S/C22H19ClN2O/c1-24(15-16-8-7-11-18(23)14-16)25-20-13-6-5-12-19(20)21(22(25)26)17-9-3-2-4-10-17/h2-14,21H,15H2,1H3. The largest absolute Gasteiger partial charge is 0.272 e. The predicted molar refractivity (Wildman–Crippen MR) is 105 cm³/mol. The van der Waals surface area contributed by atoms with Gasteiger partial charge in [-0.3, -0.25) is 4.79 Å². The van der Waals surface area contributed by atoms with Gasteiger partial charge in [0.1, 0.15) is 0 Å². The lowest BCUT2D eigenvalue weighted by molar-refractivity contribution is -0.121. The molecule has 3 aromatic rings. The van der Waals surface area contributed by atoms with E-state index in [1.165, 1.54) is 0 Å². The second kappa shape index (κ2) is 6.94. The van der Waals surface area contributed by atoms with Gasteiger partial charge in [0.05, 0.1) is 11.6 Å². The first kappa shape index (κ1) is 16.8. The van der Waals surface area contributed by atoms with Crippen LogP contribution in [0, 0.1) is 0 Å². The van der Waals surface area contributed by atoms with Crippen LogP contribution in [0.3, 0.4) is 0 Å². The van der Waals surface area contributed by atoms with Crippen molar-refractivity contribution < 1.29 is 4.79 Å². The van der Waals surface area contributed by atoms with E-state index in [1.807, 2.05) is 90.9 Å². The van der Waals surface area contributed by atoms with Gasteiger partial charge in [0.15, 0.2) is 0 Å². The number of carbonyl (C=O) groups is 1. The molecule has 0 fully saturated rings. The van der Waals surface area contributed by atoms with E-state index >= 15 is 0 Å². The van der Waals surface area contributed by atoms with E-state index in [4.69, 9.17) is 11.6 Å². The van der Waals surface area contributed by atoms with Crippen molar-refractivity contribution >= 4 is 23.2 Å². The molecule has 0 saturated heterocycles. The monoisotopic (exact) mass is 362 g/mol. The summed E-state index contributed by atoms with van der Waals surface area (Å²) in [6, 6.07) is 25.7. The fourth-order valence-corrected chi connectivity index (χ4v) is 3.80. The number of fused-ring (bicyclic) bond motifs is 1. The van der Waals surface area contributed by atoms with Gasteiger partial charge in [0.25, 0.3) is 5.91 Å². The Balaban J connectivity index is 1.69. The van der Waals surface area contributed by atoms with Crippen LogP contribution >= 0.6 is 11.6 Å². The zero-order chi connectivity index (χ0) is 18.1. The number of para-hydroxylation sites is 1. The number of hydrazine groups is 1. The molecular weight excluding hydrogens is 344 g/mol. The average Bonchev–Trinajstić information content (AvgIpc) is 2.94. The van der Waals surface area contributed by atoms with Gasteiger partial charge in [0, 0.05) is 18.6 Å². The fraction of sp³-hybridized carbons (Fsp3) is 0.136. The minimum absolute atomic E-state index is 0.0712. The highest BCUT2D eigenvalue weighted by Gasteiger charge is 2.39. The molecule has 4 rings (SSSR count). The van der Waals surface area contributed by atoms with Gasteiger partial charge in [-0.05, 0) is 34.9 Å². The first-order valence-electron chi connectivity index (χ1n) is 8.58. The van der Waals surface area contributed by atoms with Crippen LogP contribution in [0.1, 0.15) is 22.6 Å². The molecule has 3 nitrogen and oxygen atoms in total. The normalized spacial score (nSPS) is 16.2. The zero-order valence-corrected chi connectivity index (χ0v) is 15.2. The van der Waals surface area contributed by atoms with Gasteiger partial charge < -0.3 is 0 Å². The molecule has 0 spiro atoms. The van der Waals surface area contributed by atoms with Gasteiger partial charge in [0.2, 0.25) is 0 Å². The number of anilines is 1. The average molecular weight is 363 g/mol. The quantitative estimate of drug-likeness (QED) is 0.661. The van der Waals surface area contributed by atoms with Crippen LogP contribution in [0.25, 0.3) is 0 Å². The van der Waals surface area contributed by atoms with Crippen molar-refractivity contribution in [3.05, 3.63) is 101 Å². The Bertz CT molecular complexity index is 942. The number of rotatable bonds is 4. The van der Waals surface area contributed by atoms with Gasteiger partial charge in [-0.2, -0.15) is 0 Å². The number of hydrogen-bond donors (Lipinski definition) is 0. The molecule has 1 aliphatic rings. The lowest BCUT2D eigenvalue weighted by atomic mass is 9.93. The molecule has 0 saturated carbocycles. The van der Waals surface area contributed by atoms with Crippen molar-refractivity contribution in [2.75, 3.05) is 12.1 Å². The van der Waals surface area contributed by atoms with Crippen molar-refractivity contribution in [3.63, 3.8) is 0 Å². The molecular formula is C22H19ClN2O. The van der Waals surface area contributed by atoms with E-state index in [0.717, 1.165) is 22.4 Å². The molecule has 0 aliphatic carbocycles. The number of halogens is 1. The summed E-state index contributed by atoms with van der Waals surface area (Å²) in [6.07, 6.45) is 0. The molecule has 0 aromatic heterocycles. The number of amides is 1. The van der Waals surface area contributed by atoms with Crippen molar-refractivity contribution in [2.45, 2.75) is 12.5 Å². The van der Waals surface area contributed by atoms with Crippen molar-refractivity contribution in [1.29, 1.82) is 0 Å². The van der Waals surface area contributed by atoms with E-state index in [1.54, 1.807) is 5.01 Å². The summed E-state index contributed by atoms with van der Waals surface area (Å²) in [5, 5.41) is 4.44. The number of carbonyl (C=O) groups excluding carboxylic acids is 1. The highest BCUT2D eigenvalue weighted by atomic mass is 35.5. The Morgan fingerprint density at radius 1 is 0.962 bits per heavy atom. The Hall–Kier alpha value is -2.62. The number of hydrogen-bond acceptors (Lipinski definition) is 2. The van der Waals surface area contributed by atoms with Crippen LogP contribution in [-0.2, 0) is 11.3 Å². The van der Waals surface area contributed by atoms with Gasteiger partial charge >= 0.3 is 0 Å². The van der Waals surface area contributed by atoms with Crippen LogP contribution in [0.4, 0.5) is 5.69 Å². The summed E-state index contributed by atoms with van der Waals surface area (Å²) in [5.74, 6) is -0.198. The molecule has 0 radical (unpaired) electrons. The van der Waals surface area contributed by atoms with E-state index < -0.39 is 0 Å². The second-order valence-corrected chi connectivity index (χ2v) is 6.93. The molecule has 3 aromatic carbocycles. The molecule has 1 heterocycles. The Kier molecular flexibility index (Phi) is 4.49. The topological polar surface area (TPSA) is 23.6 Å². The van der Waals surface area contributed by atoms with Gasteiger partial charge in [-0.1, -0.05) is 72.3 Å². The Labute approximate surface area is 158 Å². The molecule has 0 bridgehead atoms. The SMILES string of the molecule is CN(Cc1cccc(Cl)c1)N1C(=O)C(c2ccccc2)c2ccccc21. The molecule has 0 N–H and O–H groups in total. The van der Waals surface area contributed by atoms with Crippen LogP contribution in [0.5, 0.6) is 0 Å². The summed E-state index contributed by atoms with van der Waals surface area (Å²) in [6.45, 7) is 0.599. The van der Waals surface area contributed by atoms with E-state index in [9.17, 15) is 4.79 Å². The maximum absolute atomic E-state index is 13.3. The molecule has 1 amide bonds. The first-order valence-corrected chi connectivity index (χ1v) is 8.96. The highest BCUT2D eigenvalue weighted by molar-refractivity contribution is 6.30. The fourth-order valence-electron chi connectivity index (χ4n) is 3.59. The predicted octanol–water partition coefficient (Wildman–Crippen LogP) is 4.87. The maximum atomic E-state index is 13.3. The summed E-state index contributed by atoms with van der Waals surface area (Å²) in [5.41, 5.74) is 4.06. The van der Waals surface area contributed by atoms with Crippen LogP contribution < -0.4 is 5.01 Å². The molecule has 4 heteroatoms. The lowest BCUT2D eigenvalue weighted by Gasteiger charge is -2.29. The lowest BCUT2D eigenvalue weighted by Crippen LogP contribution is -2.42. The van der Waals surface area contributed by atoms with Crippen molar-refractivity contribution in [1.82, 2.24) is 5.01 Å². The minimum atomic E-state index is -0.269. The summed E-state index contributed by atoms with van der Waals surface area (Å²) < 4.78 is 0. The maximum Gasteiger partial charge on any atom is 0.253 e. The zero-order valence-electron chi connectivity index (χ0n) is 14.5. The summed E-state index contributed by atoms with van der Waals surface area (Å²) in [4.78, 5) is 13.3. The third-order valence-corrected chi connectivity index (χ3v) is 4.94. The van der Waals surface area contributed by atoms with E-state index in [-0.39, 0.29) is 11.8 Å². The molecule has 1 atom stereocenters. The third kappa shape index (κ3) is 3.00. The first-order chi connectivity index (χ1) is 12.6. The van der Waals surface area contributed by atoms with Gasteiger partial charge in [-0.15, -0.1) is 0 Å². The van der Waals surface area contributed by atoms with Gasteiger partial charge in [-0.25, -0.2) is 10.0 Å². The molecule has 1 aliphatic heterocycles. The Morgan fingerprint density at radius 2 is 1.69 bits per heavy atom. The second-order valence-electron chi connectivity index (χ2n) is 6.50. The summed E-state index contributed by atoms with van der Waals surface area (Å²) in [7, 11) is 1.93. The van der Waals surface area contributed by atoms with Crippen molar-refractivity contribution in [3.8, 4) is 0 Å². The number of benzene rings is 3. The van der Waals surface area contributed by atoms with Crippen LogP contribution in [0.15, 0.2) is 78.9 Å². The van der Waals surface area contributed by atoms with Crippen LogP contribution in [-0.4, -0.2) is 18.0 Å². The molecule has 130 valence electrons. The smallest absolute Gasteiger partial charge is 0.253 e. The van der Waals surface area contributed by atoms with E-state index in [0.29, 0.717) is 11.6 Å². The number of nitrogens with zero attached hydrogens (tertiary/aromatic N) is 2.